The number of carbonyl (C=O) groups excluding carboxylic acids is 2. The van der Waals surface area contributed by atoms with Gasteiger partial charge in [0.05, 0.1) is 11.6 Å². The highest BCUT2D eigenvalue weighted by Gasteiger charge is 2.48. The second-order valence-electron chi connectivity index (χ2n) is 11.1. The van der Waals surface area contributed by atoms with Crippen molar-refractivity contribution in [2.75, 3.05) is 4.90 Å². The second kappa shape index (κ2) is 11.8. The molecule has 1 N–H and O–H groups in total. The number of ketones is 1. The van der Waals surface area contributed by atoms with Crippen LogP contribution in [0.15, 0.2) is 94.8 Å². The molecule has 0 spiro atoms. The Morgan fingerprint density at radius 3 is 2.47 bits per heavy atom. The summed E-state index contributed by atoms with van der Waals surface area (Å²) >= 11 is 2.81. The summed E-state index contributed by atoms with van der Waals surface area (Å²) in [4.78, 5) is 28.7. The molecule has 1 aliphatic rings. The van der Waals surface area contributed by atoms with Crippen LogP contribution in [0.5, 0.6) is 0 Å². The van der Waals surface area contributed by atoms with E-state index in [9.17, 15) is 14.7 Å². The van der Waals surface area contributed by atoms with E-state index in [2.05, 4.69) is 48.3 Å². The summed E-state index contributed by atoms with van der Waals surface area (Å²) in [5.74, 6) is -0.653. The summed E-state index contributed by atoms with van der Waals surface area (Å²) < 4.78 is 0.688. The normalized spacial score (nSPS) is 16.5. The monoisotopic (exact) mass is 605 g/mol. The number of amides is 1. The Hall–Kier alpha value is -4.27. The van der Waals surface area contributed by atoms with Crippen LogP contribution < -0.4 is 4.90 Å². The number of fused-ring (bicyclic) bond motifs is 1. The minimum atomic E-state index is -0.843. The van der Waals surface area contributed by atoms with Crippen molar-refractivity contribution in [2.24, 2.45) is 0 Å². The van der Waals surface area contributed by atoms with E-state index in [4.69, 9.17) is 0 Å². The van der Waals surface area contributed by atoms with Gasteiger partial charge < -0.3 is 5.11 Å². The summed E-state index contributed by atoms with van der Waals surface area (Å²) in [5, 5.41) is 23.0. The number of carbonyl (C=O) groups is 2. The molecule has 1 atom stereocenters. The van der Waals surface area contributed by atoms with Gasteiger partial charge in [-0.1, -0.05) is 121 Å². The molecule has 216 valence electrons. The molecular weight excluding hydrogens is 575 g/mol. The van der Waals surface area contributed by atoms with Crippen LogP contribution in [0, 0.1) is 13.8 Å². The van der Waals surface area contributed by atoms with Gasteiger partial charge in [-0.15, -0.1) is 10.2 Å². The van der Waals surface area contributed by atoms with Crippen LogP contribution in [0.1, 0.15) is 59.2 Å². The third-order valence-corrected chi connectivity index (χ3v) is 9.95. The second-order valence-corrected chi connectivity index (χ2v) is 13.3. The molecule has 1 aliphatic heterocycles. The van der Waals surface area contributed by atoms with E-state index in [1.54, 1.807) is 11.8 Å². The number of aliphatic hydroxyl groups excluding tert-OH is 1. The lowest BCUT2D eigenvalue weighted by Gasteiger charge is -2.23. The molecule has 43 heavy (non-hydrogen) atoms. The fraction of sp³-hybridized carbons (Fsp3) is 0.200. The Kier molecular flexibility index (Phi) is 7.90. The maximum atomic E-state index is 13.7. The van der Waals surface area contributed by atoms with E-state index in [0.717, 1.165) is 22.3 Å². The van der Waals surface area contributed by atoms with E-state index < -0.39 is 17.7 Å². The third-order valence-electron chi connectivity index (χ3n) is 7.84. The number of aliphatic hydroxyl groups is 1. The predicted molar refractivity (Wildman–Crippen MR) is 175 cm³/mol. The Morgan fingerprint density at radius 1 is 0.953 bits per heavy atom. The molecule has 6 rings (SSSR count). The van der Waals surface area contributed by atoms with Crippen LogP contribution in [-0.2, 0) is 15.3 Å². The molecule has 0 bridgehead atoms. The van der Waals surface area contributed by atoms with Crippen molar-refractivity contribution in [3.05, 3.63) is 124 Å². The van der Waals surface area contributed by atoms with Gasteiger partial charge in [0.15, 0.2) is 4.34 Å². The van der Waals surface area contributed by atoms with Crippen LogP contribution in [0.3, 0.4) is 0 Å². The standard InChI is InChI=1S/C35H31N3O3S2/c1-20(2)23-14-16-25(17-15-23)30-29(31(39)28-18-21(3)12-13-22(28)4)32(40)33(41)38(30)34-36-37-35(43-34)42-19-26-10-7-9-24-8-5-6-11-27(24)26/h5-18,20,30,39H,19H2,1-4H3/b31-29+. The highest BCUT2D eigenvalue weighted by Crippen LogP contribution is 2.44. The van der Waals surface area contributed by atoms with Gasteiger partial charge in [0.1, 0.15) is 5.76 Å². The first-order valence-electron chi connectivity index (χ1n) is 14.1. The number of thioether (sulfide) groups is 1. The number of aromatic nitrogens is 2. The molecule has 0 aliphatic carbocycles. The van der Waals surface area contributed by atoms with Gasteiger partial charge in [-0.05, 0) is 58.9 Å². The summed E-state index contributed by atoms with van der Waals surface area (Å²) in [6.45, 7) is 8.03. The zero-order valence-corrected chi connectivity index (χ0v) is 26.0. The molecule has 6 nitrogen and oxygen atoms in total. The van der Waals surface area contributed by atoms with Crippen LogP contribution in [-0.4, -0.2) is 27.0 Å². The fourth-order valence-electron chi connectivity index (χ4n) is 5.46. The molecule has 1 saturated heterocycles. The van der Waals surface area contributed by atoms with Crippen LogP contribution >= 0.6 is 23.1 Å². The first kappa shape index (κ1) is 28.8. The lowest BCUT2D eigenvalue weighted by Crippen LogP contribution is -2.29. The number of aryl methyl sites for hydroxylation is 2. The first-order chi connectivity index (χ1) is 20.7. The molecule has 4 aromatic carbocycles. The largest absolute Gasteiger partial charge is 0.507 e. The predicted octanol–water partition coefficient (Wildman–Crippen LogP) is 8.35. The molecular formula is C35H31N3O3S2. The molecule has 1 amide bonds. The van der Waals surface area contributed by atoms with Crippen LogP contribution in [0.4, 0.5) is 5.13 Å². The number of anilines is 1. The molecule has 2 heterocycles. The molecule has 0 saturated carbocycles. The van der Waals surface area contributed by atoms with E-state index in [1.807, 2.05) is 74.5 Å². The quantitative estimate of drug-likeness (QED) is 0.0660. The summed E-state index contributed by atoms with van der Waals surface area (Å²) in [5.41, 5.74) is 5.37. The Balaban J connectivity index is 1.39. The number of hydrogen-bond acceptors (Lipinski definition) is 7. The summed E-state index contributed by atoms with van der Waals surface area (Å²) in [6, 6.07) is 27.2. The Labute approximate surface area is 259 Å². The molecule has 8 heteroatoms. The maximum absolute atomic E-state index is 13.7. The average molecular weight is 606 g/mol. The summed E-state index contributed by atoms with van der Waals surface area (Å²) in [6.07, 6.45) is 0. The van der Waals surface area contributed by atoms with E-state index in [0.29, 0.717) is 26.7 Å². The van der Waals surface area contributed by atoms with Gasteiger partial charge in [-0.2, -0.15) is 0 Å². The summed E-state index contributed by atoms with van der Waals surface area (Å²) in [7, 11) is 0. The van der Waals surface area contributed by atoms with Gasteiger partial charge >= 0.3 is 5.91 Å². The number of rotatable bonds is 7. The van der Waals surface area contributed by atoms with E-state index >= 15 is 0 Å². The zero-order chi connectivity index (χ0) is 30.2. The van der Waals surface area contributed by atoms with Gasteiger partial charge in [-0.25, -0.2) is 0 Å². The SMILES string of the molecule is Cc1ccc(C)c(/C(O)=C2\C(=O)C(=O)N(c3nnc(SCc4cccc5ccccc45)s3)C2c2ccc(C(C)C)cc2)c1. The lowest BCUT2D eigenvalue weighted by atomic mass is 9.92. The first-order valence-corrected chi connectivity index (χ1v) is 15.9. The van der Waals surface area contributed by atoms with Crippen molar-refractivity contribution >= 4 is 56.5 Å². The van der Waals surface area contributed by atoms with Gasteiger partial charge in [0.2, 0.25) is 5.13 Å². The highest BCUT2D eigenvalue weighted by molar-refractivity contribution is 8.00. The van der Waals surface area contributed by atoms with Gasteiger partial charge in [0, 0.05) is 11.3 Å². The molecule has 5 aromatic rings. The molecule has 0 radical (unpaired) electrons. The molecule has 1 aromatic heterocycles. The van der Waals surface area contributed by atoms with Crippen molar-refractivity contribution in [1.82, 2.24) is 10.2 Å². The van der Waals surface area contributed by atoms with Crippen molar-refractivity contribution < 1.29 is 14.7 Å². The number of nitrogens with zero attached hydrogens (tertiary/aromatic N) is 3. The maximum Gasteiger partial charge on any atom is 0.301 e. The molecule has 1 unspecified atom stereocenters. The van der Waals surface area contributed by atoms with E-state index in [-0.39, 0.29) is 11.3 Å². The fourth-order valence-corrected chi connectivity index (χ4v) is 7.33. The minimum absolute atomic E-state index is 0.0520. The smallest absolute Gasteiger partial charge is 0.301 e. The third kappa shape index (κ3) is 5.48. The number of hydrogen-bond donors (Lipinski definition) is 1. The van der Waals surface area contributed by atoms with Crippen molar-refractivity contribution in [3.8, 4) is 0 Å². The topological polar surface area (TPSA) is 83.4 Å². The Bertz CT molecular complexity index is 1890. The highest BCUT2D eigenvalue weighted by atomic mass is 32.2. The van der Waals surface area contributed by atoms with Crippen molar-refractivity contribution in [2.45, 2.75) is 49.7 Å². The molecule has 1 fully saturated rings. The number of Topliss-reactive ketones (excluding diaryl/α,β-unsaturated/α-hetero) is 1. The van der Waals surface area contributed by atoms with E-state index in [1.165, 1.54) is 32.6 Å². The number of benzene rings is 4. The van der Waals surface area contributed by atoms with Crippen LogP contribution in [0.25, 0.3) is 16.5 Å². The lowest BCUT2D eigenvalue weighted by molar-refractivity contribution is -0.132. The minimum Gasteiger partial charge on any atom is -0.507 e. The average Bonchev–Trinajstić information content (AvgIpc) is 3.58. The van der Waals surface area contributed by atoms with Gasteiger partial charge in [-0.3, -0.25) is 14.5 Å². The zero-order valence-electron chi connectivity index (χ0n) is 24.4. The van der Waals surface area contributed by atoms with Crippen LogP contribution in [0.2, 0.25) is 0 Å². The van der Waals surface area contributed by atoms with Crippen molar-refractivity contribution in [3.63, 3.8) is 0 Å². The Morgan fingerprint density at radius 2 is 1.70 bits per heavy atom. The van der Waals surface area contributed by atoms with Gasteiger partial charge in [0.25, 0.3) is 5.78 Å². The van der Waals surface area contributed by atoms with Crippen molar-refractivity contribution in [1.29, 1.82) is 0 Å².